The van der Waals surface area contributed by atoms with Crippen LogP contribution in [0.3, 0.4) is 0 Å². The minimum Gasteiger partial charge on any atom is -0.390 e. The molecule has 1 heterocycles. The molecule has 0 fully saturated rings. The summed E-state index contributed by atoms with van der Waals surface area (Å²) in [5.74, 6) is 0. The lowest BCUT2D eigenvalue weighted by Crippen LogP contribution is -2.38. The van der Waals surface area contributed by atoms with Gasteiger partial charge >= 0.3 is 11.9 Å². The zero-order valence-corrected chi connectivity index (χ0v) is 10.0. The number of likely N-dealkylation sites (N-methyl/N-ethyl adjacent to an activating group) is 1. The number of aromatic nitrogens is 2. The summed E-state index contributed by atoms with van der Waals surface area (Å²) in [5.41, 5.74) is -0.240. The first-order valence-corrected chi connectivity index (χ1v) is 5.27. The molecule has 0 saturated carbocycles. The number of nitrogens with zero attached hydrogens (tertiary/aromatic N) is 4. The lowest BCUT2D eigenvalue weighted by molar-refractivity contribution is -0.385. The van der Waals surface area contributed by atoms with Crippen LogP contribution in [-0.2, 0) is 6.54 Å². The quantitative estimate of drug-likeness (QED) is 0.611. The van der Waals surface area contributed by atoms with Crippen LogP contribution >= 0.6 is 0 Å². The fraction of sp³-hybridized carbons (Fsp3) is 0.667. The maximum Gasteiger partial charge on any atom is 0.401 e. The summed E-state index contributed by atoms with van der Waals surface area (Å²) in [7, 11) is 1.22. The third kappa shape index (κ3) is 5.66. The molecule has 0 bridgehead atoms. The highest BCUT2D eigenvalue weighted by atomic mass is 19.4. The topological polar surface area (TPSA) is 84.4 Å². The van der Waals surface area contributed by atoms with Crippen molar-refractivity contribution in [3.63, 3.8) is 0 Å². The Balaban J connectivity index is 2.46. The number of nitro groups is 1. The molecule has 0 radical (unpaired) electrons. The van der Waals surface area contributed by atoms with E-state index in [1.165, 1.54) is 7.05 Å². The third-order valence-electron chi connectivity index (χ3n) is 2.20. The molecule has 1 aromatic rings. The van der Waals surface area contributed by atoms with E-state index in [1.54, 1.807) is 0 Å². The number of aliphatic hydroxyl groups excluding tert-OH is 1. The van der Waals surface area contributed by atoms with Gasteiger partial charge in [0.1, 0.15) is 12.4 Å². The van der Waals surface area contributed by atoms with Crippen LogP contribution in [0.15, 0.2) is 12.4 Å². The first-order valence-electron chi connectivity index (χ1n) is 5.27. The molecule has 0 saturated heterocycles. The third-order valence-corrected chi connectivity index (χ3v) is 2.20. The molecular weight excluding hydrogens is 269 g/mol. The Morgan fingerprint density at radius 3 is 2.74 bits per heavy atom. The zero-order valence-electron chi connectivity index (χ0n) is 10.0. The fourth-order valence-corrected chi connectivity index (χ4v) is 1.55. The van der Waals surface area contributed by atoms with Crippen LogP contribution in [0.5, 0.6) is 0 Å². The molecule has 1 N–H and O–H groups in total. The molecule has 1 unspecified atom stereocenters. The van der Waals surface area contributed by atoms with Crippen molar-refractivity contribution < 1.29 is 23.2 Å². The standard InChI is InChI=1S/C9H13F3N4O3/c1-14(6-9(10,11)12)4-8(17)5-15-3-7(2-13-15)16(18)19/h2-3,8,17H,4-6H2,1H3. The Bertz CT molecular complexity index is 435. The van der Waals surface area contributed by atoms with Gasteiger partial charge in [-0.25, -0.2) is 0 Å². The van der Waals surface area contributed by atoms with Gasteiger partial charge in [0.25, 0.3) is 0 Å². The molecule has 0 aliphatic rings. The van der Waals surface area contributed by atoms with E-state index in [2.05, 4.69) is 5.10 Å². The van der Waals surface area contributed by atoms with Gasteiger partial charge in [-0.2, -0.15) is 18.3 Å². The summed E-state index contributed by atoms with van der Waals surface area (Å²) in [6.07, 6.45) is -3.33. The Hall–Kier alpha value is -1.68. The maximum atomic E-state index is 12.1. The van der Waals surface area contributed by atoms with Gasteiger partial charge < -0.3 is 5.11 Å². The average molecular weight is 282 g/mol. The van der Waals surface area contributed by atoms with Crippen molar-refractivity contribution in [2.45, 2.75) is 18.8 Å². The first kappa shape index (κ1) is 15.4. The molecule has 0 aliphatic carbocycles. The van der Waals surface area contributed by atoms with Crippen LogP contribution in [0.1, 0.15) is 0 Å². The summed E-state index contributed by atoms with van der Waals surface area (Å²) < 4.78 is 37.3. The lowest BCUT2D eigenvalue weighted by atomic mass is 10.3. The number of hydrogen-bond donors (Lipinski definition) is 1. The van der Waals surface area contributed by atoms with E-state index in [0.717, 1.165) is 22.0 Å². The van der Waals surface area contributed by atoms with Gasteiger partial charge in [-0.15, -0.1) is 0 Å². The Labute approximate surface area is 106 Å². The van der Waals surface area contributed by atoms with Crippen LogP contribution < -0.4 is 0 Å². The molecule has 0 spiro atoms. The molecule has 10 heteroatoms. The molecular formula is C9H13F3N4O3. The maximum absolute atomic E-state index is 12.1. The van der Waals surface area contributed by atoms with Crippen molar-refractivity contribution in [1.82, 2.24) is 14.7 Å². The SMILES string of the molecule is CN(CC(O)Cn1cc([N+](=O)[O-])cn1)CC(F)(F)F. The molecule has 0 aromatic carbocycles. The lowest BCUT2D eigenvalue weighted by Gasteiger charge is -2.21. The predicted octanol–water partition coefficient (Wildman–Crippen LogP) is 0.646. The molecule has 1 rings (SSSR count). The second kappa shape index (κ2) is 5.97. The molecule has 0 amide bonds. The predicted molar refractivity (Wildman–Crippen MR) is 58.4 cm³/mol. The second-order valence-corrected chi connectivity index (χ2v) is 4.14. The normalized spacial score (nSPS) is 13.8. The number of rotatable bonds is 6. The van der Waals surface area contributed by atoms with Crippen molar-refractivity contribution in [3.05, 3.63) is 22.5 Å². The van der Waals surface area contributed by atoms with E-state index >= 15 is 0 Å². The highest BCUT2D eigenvalue weighted by molar-refractivity contribution is 5.20. The average Bonchev–Trinajstić information content (AvgIpc) is 2.62. The van der Waals surface area contributed by atoms with Crippen molar-refractivity contribution in [1.29, 1.82) is 0 Å². The van der Waals surface area contributed by atoms with Gasteiger partial charge in [0, 0.05) is 6.54 Å². The summed E-state index contributed by atoms with van der Waals surface area (Å²) in [6.45, 7) is -1.47. The van der Waals surface area contributed by atoms with E-state index in [1.807, 2.05) is 0 Å². The fourth-order valence-electron chi connectivity index (χ4n) is 1.55. The summed E-state index contributed by atoms with van der Waals surface area (Å²) >= 11 is 0. The van der Waals surface area contributed by atoms with E-state index in [4.69, 9.17) is 0 Å². The zero-order chi connectivity index (χ0) is 14.6. The van der Waals surface area contributed by atoms with E-state index in [9.17, 15) is 28.4 Å². The van der Waals surface area contributed by atoms with Crippen molar-refractivity contribution >= 4 is 5.69 Å². The molecule has 1 aromatic heterocycles. The minimum absolute atomic E-state index is 0.115. The summed E-state index contributed by atoms with van der Waals surface area (Å²) in [6, 6.07) is 0. The number of halogens is 3. The van der Waals surface area contributed by atoms with Crippen LogP contribution in [0, 0.1) is 10.1 Å². The molecule has 108 valence electrons. The van der Waals surface area contributed by atoms with Gasteiger partial charge in [0.15, 0.2) is 0 Å². The van der Waals surface area contributed by atoms with Gasteiger partial charge in [0.05, 0.1) is 24.1 Å². The number of aliphatic hydroxyl groups is 1. The van der Waals surface area contributed by atoms with Crippen LogP contribution in [-0.4, -0.2) is 57.1 Å². The van der Waals surface area contributed by atoms with Gasteiger partial charge in [-0.3, -0.25) is 19.7 Å². The van der Waals surface area contributed by atoms with Gasteiger partial charge in [0.2, 0.25) is 0 Å². The first-order chi connectivity index (χ1) is 8.67. The Kier molecular flexibility index (Phi) is 4.84. The molecule has 19 heavy (non-hydrogen) atoms. The van der Waals surface area contributed by atoms with Crippen molar-refractivity contribution in [2.24, 2.45) is 0 Å². The van der Waals surface area contributed by atoms with E-state index in [-0.39, 0.29) is 18.8 Å². The van der Waals surface area contributed by atoms with Gasteiger partial charge in [-0.1, -0.05) is 0 Å². The monoisotopic (exact) mass is 282 g/mol. The minimum atomic E-state index is -4.33. The highest BCUT2D eigenvalue weighted by Gasteiger charge is 2.29. The van der Waals surface area contributed by atoms with Crippen molar-refractivity contribution in [2.75, 3.05) is 20.1 Å². The Morgan fingerprint density at radius 2 is 2.26 bits per heavy atom. The number of alkyl halides is 3. The molecule has 1 atom stereocenters. The number of hydrogen-bond acceptors (Lipinski definition) is 5. The van der Waals surface area contributed by atoms with E-state index < -0.39 is 23.7 Å². The van der Waals surface area contributed by atoms with Crippen molar-refractivity contribution in [3.8, 4) is 0 Å². The second-order valence-electron chi connectivity index (χ2n) is 4.14. The van der Waals surface area contributed by atoms with Crippen LogP contribution in [0.25, 0.3) is 0 Å². The van der Waals surface area contributed by atoms with E-state index in [0.29, 0.717) is 0 Å². The molecule has 0 aliphatic heterocycles. The molecule has 7 nitrogen and oxygen atoms in total. The van der Waals surface area contributed by atoms with Crippen LogP contribution in [0.2, 0.25) is 0 Å². The largest absolute Gasteiger partial charge is 0.401 e. The van der Waals surface area contributed by atoms with Crippen LogP contribution in [0.4, 0.5) is 18.9 Å². The van der Waals surface area contributed by atoms with Gasteiger partial charge in [-0.05, 0) is 7.05 Å². The summed E-state index contributed by atoms with van der Waals surface area (Å²) in [4.78, 5) is 10.7. The Morgan fingerprint density at radius 1 is 1.63 bits per heavy atom. The summed E-state index contributed by atoms with van der Waals surface area (Å²) in [5, 5.41) is 23.6. The highest BCUT2D eigenvalue weighted by Crippen LogP contribution is 2.15. The smallest absolute Gasteiger partial charge is 0.390 e.